The van der Waals surface area contributed by atoms with Crippen molar-refractivity contribution in [3.63, 3.8) is 0 Å². The highest BCUT2D eigenvalue weighted by Crippen LogP contribution is 2.26. The van der Waals surface area contributed by atoms with Crippen LogP contribution in [0.5, 0.6) is 5.75 Å². The number of carbonyl (C=O) groups is 1. The van der Waals surface area contributed by atoms with Gasteiger partial charge in [-0.3, -0.25) is 4.79 Å². The molecule has 0 saturated heterocycles. The van der Waals surface area contributed by atoms with Gasteiger partial charge in [0.15, 0.2) is 0 Å². The normalized spacial score (nSPS) is 10.7. The fourth-order valence-corrected chi connectivity index (χ4v) is 2.70. The first-order chi connectivity index (χ1) is 10.6. The molecule has 1 N–H and O–H groups in total. The Morgan fingerprint density at radius 1 is 1.14 bits per heavy atom. The van der Waals surface area contributed by atoms with Gasteiger partial charge in [-0.05, 0) is 25.1 Å². The smallest absolute Gasteiger partial charge is 0.258 e. The molecule has 112 valence electrons. The first-order valence-corrected chi connectivity index (χ1v) is 7.11. The summed E-state index contributed by atoms with van der Waals surface area (Å²) in [4.78, 5) is 12.7. The van der Waals surface area contributed by atoms with Crippen LogP contribution in [0.4, 0.5) is 5.69 Å². The van der Waals surface area contributed by atoms with E-state index in [4.69, 9.17) is 4.74 Å². The summed E-state index contributed by atoms with van der Waals surface area (Å²) < 4.78 is 7.22. The number of hydrogen-bond acceptors (Lipinski definition) is 2. The maximum atomic E-state index is 12.7. The van der Waals surface area contributed by atoms with Crippen molar-refractivity contribution < 1.29 is 9.53 Å². The van der Waals surface area contributed by atoms with Crippen molar-refractivity contribution in [1.29, 1.82) is 0 Å². The van der Waals surface area contributed by atoms with E-state index in [1.165, 1.54) is 0 Å². The molecule has 0 aliphatic rings. The Labute approximate surface area is 129 Å². The summed E-state index contributed by atoms with van der Waals surface area (Å²) in [5.74, 6) is 0.606. The molecule has 3 aromatic rings. The van der Waals surface area contributed by atoms with Crippen LogP contribution in [-0.4, -0.2) is 17.6 Å². The van der Waals surface area contributed by atoms with Crippen molar-refractivity contribution >= 4 is 22.5 Å². The van der Waals surface area contributed by atoms with Gasteiger partial charge in [0.05, 0.1) is 12.7 Å². The van der Waals surface area contributed by atoms with Crippen molar-refractivity contribution in [1.82, 2.24) is 4.57 Å². The van der Waals surface area contributed by atoms with E-state index in [9.17, 15) is 4.79 Å². The van der Waals surface area contributed by atoms with Crippen molar-refractivity contribution in [3.8, 4) is 5.75 Å². The van der Waals surface area contributed by atoms with Gasteiger partial charge in [-0.2, -0.15) is 0 Å². The van der Waals surface area contributed by atoms with Crippen LogP contribution >= 0.6 is 0 Å². The van der Waals surface area contributed by atoms with Gasteiger partial charge < -0.3 is 14.6 Å². The van der Waals surface area contributed by atoms with Crippen LogP contribution in [0.25, 0.3) is 10.9 Å². The lowest BCUT2D eigenvalue weighted by Crippen LogP contribution is -2.13. The number of fused-ring (bicyclic) bond motifs is 1. The molecule has 1 aromatic heterocycles. The molecule has 1 heterocycles. The Morgan fingerprint density at radius 3 is 2.68 bits per heavy atom. The summed E-state index contributed by atoms with van der Waals surface area (Å²) in [6.07, 6.45) is 0. The largest absolute Gasteiger partial charge is 0.497 e. The lowest BCUT2D eigenvalue weighted by molar-refractivity contribution is 0.102. The highest BCUT2D eigenvalue weighted by molar-refractivity contribution is 6.14. The van der Waals surface area contributed by atoms with Gasteiger partial charge in [0.25, 0.3) is 5.91 Å². The quantitative estimate of drug-likeness (QED) is 0.799. The molecule has 22 heavy (non-hydrogen) atoms. The molecular formula is C18H18N2O2. The molecule has 0 aliphatic heterocycles. The predicted octanol–water partition coefficient (Wildman–Crippen LogP) is 3.75. The number of carbonyl (C=O) groups excluding carboxylic acids is 1. The molecule has 0 radical (unpaired) electrons. The van der Waals surface area contributed by atoms with Gasteiger partial charge in [-0.25, -0.2) is 0 Å². The number of methoxy groups -OCH3 is 1. The van der Waals surface area contributed by atoms with Crippen molar-refractivity contribution in [3.05, 3.63) is 59.8 Å². The van der Waals surface area contributed by atoms with E-state index in [2.05, 4.69) is 5.32 Å². The summed E-state index contributed by atoms with van der Waals surface area (Å²) in [6, 6.07) is 15.3. The van der Waals surface area contributed by atoms with E-state index < -0.39 is 0 Å². The maximum absolute atomic E-state index is 12.7. The summed E-state index contributed by atoms with van der Waals surface area (Å²) in [7, 11) is 3.58. The van der Waals surface area contributed by atoms with E-state index in [1.807, 2.05) is 61.0 Å². The van der Waals surface area contributed by atoms with E-state index >= 15 is 0 Å². The third-order valence-corrected chi connectivity index (χ3v) is 3.95. The SMILES string of the molecule is COc1cccc(NC(=O)c2c(C)n(C)c3ccccc23)c1. The van der Waals surface area contributed by atoms with Gasteiger partial charge in [0.1, 0.15) is 5.75 Å². The monoisotopic (exact) mass is 294 g/mol. The molecule has 4 heteroatoms. The number of aryl methyl sites for hydroxylation is 1. The van der Waals surface area contributed by atoms with Crippen molar-refractivity contribution in [2.24, 2.45) is 7.05 Å². The number of amides is 1. The van der Waals surface area contributed by atoms with Crippen molar-refractivity contribution in [2.75, 3.05) is 12.4 Å². The van der Waals surface area contributed by atoms with Crippen LogP contribution in [0, 0.1) is 6.92 Å². The maximum Gasteiger partial charge on any atom is 0.258 e. The van der Waals surface area contributed by atoms with Crippen LogP contribution in [0.15, 0.2) is 48.5 Å². The molecule has 4 nitrogen and oxygen atoms in total. The predicted molar refractivity (Wildman–Crippen MR) is 88.6 cm³/mol. The zero-order valence-corrected chi connectivity index (χ0v) is 12.9. The number of hydrogen-bond donors (Lipinski definition) is 1. The fourth-order valence-electron chi connectivity index (χ4n) is 2.70. The Kier molecular flexibility index (Phi) is 3.59. The van der Waals surface area contributed by atoms with Gasteiger partial charge in [0.2, 0.25) is 0 Å². The van der Waals surface area contributed by atoms with E-state index in [-0.39, 0.29) is 5.91 Å². The van der Waals surface area contributed by atoms with Crippen molar-refractivity contribution in [2.45, 2.75) is 6.92 Å². The molecule has 0 saturated carbocycles. The topological polar surface area (TPSA) is 43.3 Å². The standard InChI is InChI=1S/C18H18N2O2/c1-12-17(15-9-4-5-10-16(15)20(12)2)18(21)19-13-7-6-8-14(11-13)22-3/h4-11H,1-3H3,(H,19,21). The lowest BCUT2D eigenvalue weighted by Gasteiger charge is -2.07. The number of anilines is 1. The van der Waals surface area contributed by atoms with Gasteiger partial charge in [0, 0.05) is 35.4 Å². The molecule has 0 spiro atoms. The molecule has 2 aromatic carbocycles. The average Bonchev–Trinajstić information content (AvgIpc) is 2.79. The second kappa shape index (κ2) is 5.56. The number of aromatic nitrogens is 1. The molecule has 3 rings (SSSR count). The molecule has 1 amide bonds. The van der Waals surface area contributed by atoms with E-state index in [0.717, 1.165) is 22.3 Å². The molecular weight excluding hydrogens is 276 g/mol. The summed E-state index contributed by atoms with van der Waals surface area (Å²) >= 11 is 0. The minimum absolute atomic E-state index is 0.109. The Bertz CT molecular complexity index is 849. The summed E-state index contributed by atoms with van der Waals surface area (Å²) in [5.41, 5.74) is 3.43. The minimum atomic E-state index is -0.109. The van der Waals surface area contributed by atoms with Gasteiger partial charge >= 0.3 is 0 Å². The van der Waals surface area contributed by atoms with Crippen LogP contribution in [0.3, 0.4) is 0 Å². The van der Waals surface area contributed by atoms with Crippen LogP contribution < -0.4 is 10.1 Å². The lowest BCUT2D eigenvalue weighted by atomic mass is 10.1. The van der Waals surface area contributed by atoms with Gasteiger partial charge in [-0.15, -0.1) is 0 Å². The summed E-state index contributed by atoms with van der Waals surface area (Å²) in [6.45, 7) is 1.96. The minimum Gasteiger partial charge on any atom is -0.497 e. The number of rotatable bonds is 3. The number of ether oxygens (including phenoxy) is 1. The Hall–Kier alpha value is -2.75. The van der Waals surface area contributed by atoms with Crippen LogP contribution in [-0.2, 0) is 7.05 Å². The zero-order chi connectivity index (χ0) is 15.7. The molecule has 0 unspecified atom stereocenters. The average molecular weight is 294 g/mol. The third kappa shape index (κ3) is 2.33. The van der Waals surface area contributed by atoms with Gasteiger partial charge in [-0.1, -0.05) is 24.3 Å². The highest BCUT2D eigenvalue weighted by Gasteiger charge is 2.18. The first-order valence-electron chi connectivity index (χ1n) is 7.11. The number of para-hydroxylation sites is 1. The first kappa shape index (κ1) is 14.2. The molecule has 0 fully saturated rings. The fraction of sp³-hybridized carbons (Fsp3) is 0.167. The second-order valence-corrected chi connectivity index (χ2v) is 5.22. The van der Waals surface area contributed by atoms with E-state index in [0.29, 0.717) is 11.3 Å². The number of nitrogens with one attached hydrogen (secondary N) is 1. The zero-order valence-electron chi connectivity index (χ0n) is 12.9. The highest BCUT2D eigenvalue weighted by atomic mass is 16.5. The molecule has 0 aliphatic carbocycles. The summed E-state index contributed by atoms with van der Waals surface area (Å²) in [5, 5.41) is 3.91. The third-order valence-electron chi connectivity index (χ3n) is 3.95. The second-order valence-electron chi connectivity index (χ2n) is 5.22. The number of nitrogens with zero attached hydrogens (tertiary/aromatic N) is 1. The molecule has 0 bridgehead atoms. The Morgan fingerprint density at radius 2 is 1.91 bits per heavy atom. The number of benzene rings is 2. The molecule has 0 atom stereocenters. The van der Waals surface area contributed by atoms with Crippen LogP contribution in [0.2, 0.25) is 0 Å². The Balaban J connectivity index is 2.00. The van der Waals surface area contributed by atoms with E-state index in [1.54, 1.807) is 13.2 Å². The van der Waals surface area contributed by atoms with Crippen LogP contribution in [0.1, 0.15) is 16.1 Å².